The number of pyridine rings is 1. The minimum absolute atomic E-state index is 0.0186. The highest BCUT2D eigenvalue weighted by Gasteiger charge is 2.44. The van der Waals surface area contributed by atoms with Gasteiger partial charge in [0.1, 0.15) is 41.7 Å². The van der Waals surface area contributed by atoms with Crippen LogP contribution in [0.15, 0.2) is 47.4 Å². The highest BCUT2D eigenvalue weighted by Crippen LogP contribution is 2.36. The Morgan fingerprint density at radius 1 is 1.06 bits per heavy atom. The number of aliphatic hydroxyl groups is 4. The molecule has 1 aliphatic rings. The molecule has 0 bridgehead atoms. The molecule has 35 heavy (non-hydrogen) atoms. The highest BCUT2D eigenvalue weighted by atomic mass is 19.1. The van der Waals surface area contributed by atoms with Crippen molar-refractivity contribution in [2.45, 2.75) is 44.0 Å². The number of aliphatic hydroxyl groups excluding tert-OH is 4. The van der Waals surface area contributed by atoms with Crippen LogP contribution in [0, 0.1) is 5.82 Å². The molecule has 3 aromatic rings. The van der Waals surface area contributed by atoms with Crippen LogP contribution < -0.4 is 14.9 Å². The number of methoxy groups -OCH3 is 1. The SMILES string of the molecule is CCCOc1ccc(F)c2c(=O)c(-c3ccc(OC)cc3)cn([C@@H]3O[C@H](CO)[C@H](O)[C@H](O)[C@H]3O)c12. The van der Waals surface area contributed by atoms with Crippen molar-refractivity contribution in [1.29, 1.82) is 0 Å². The Labute approximate surface area is 200 Å². The van der Waals surface area contributed by atoms with Crippen LogP contribution in [-0.2, 0) is 4.74 Å². The normalized spacial score (nSPS) is 24.5. The minimum Gasteiger partial charge on any atom is -0.497 e. The van der Waals surface area contributed by atoms with Crippen molar-refractivity contribution in [3.63, 3.8) is 0 Å². The number of hydrogen-bond donors (Lipinski definition) is 4. The van der Waals surface area contributed by atoms with Crippen LogP contribution in [-0.4, -0.2) is 69.7 Å². The first-order valence-electron chi connectivity index (χ1n) is 11.3. The molecular formula is C25H28FNO8. The van der Waals surface area contributed by atoms with Gasteiger partial charge >= 0.3 is 0 Å². The predicted octanol–water partition coefficient (Wildman–Crippen LogP) is 1.58. The van der Waals surface area contributed by atoms with Gasteiger partial charge in [-0.2, -0.15) is 0 Å². The van der Waals surface area contributed by atoms with Gasteiger partial charge in [0.05, 0.1) is 31.2 Å². The Balaban J connectivity index is 2.02. The van der Waals surface area contributed by atoms with Crippen LogP contribution >= 0.6 is 0 Å². The van der Waals surface area contributed by atoms with Crippen molar-refractivity contribution in [2.24, 2.45) is 0 Å². The van der Waals surface area contributed by atoms with E-state index in [4.69, 9.17) is 14.2 Å². The largest absolute Gasteiger partial charge is 0.497 e. The van der Waals surface area contributed by atoms with Crippen LogP contribution in [0.25, 0.3) is 22.0 Å². The lowest BCUT2D eigenvalue weighted by Crippen LogP contribution is -2.56. The molecule has 4 rings (SSSR count). The first-order chi connectivity index (χ1) is 16.8. The number of nitrogens with zero attached hydrogens (tertiary/aromatic N) is 1. The Morgan fingerprint density at radius 2 is 1.77 bits per heavy atom. The third-order valence-corrected chi connectivity index (χ3v) is 6.09. The number of ether oxygens (including phenoxy) is 3. The van der Waals surface area contributed by atoms with E-state index in [1.165, 1.54) is 23.9 Å². The number of hydrogen-bond acceptors (Lipinski definition) is 8. The molecular weight excluding hydrogens is 461 g/mol. The molecule has 0 amide bonds. The molecule has 0 spiro atoms. The summed E-state index contributed by atoms with van der Waals surface area (Å²) in [5.41, 5.74) is -0.0329. The molecule has 4 N–H and O–H groups in total. The second-order valence-corrected chi connectivity index (χ2v) is 8.34. The summed E-state index contributed by atoms with van der Waals surface area (Å²) in [6.07, 6.45) is -5.46. The molecule has 9 nitrogen and oxygen atoms in total. The molecule has 1 saturated heterocycles. The van der Waals surface area contributed by atoms with Gasteiger partial charge in [-0.3, -0.25) is 4.79 Å². The van der Waals surface area contributed by atoms with E-state index in [0.29, 0.717) is 17.7 Å². The third-order valence-electron chi connectivity index (χ3n) is 6.09. The first kappa shape index (κ1) is 25.1. The maximum Gasteiger partial charge on any atom is 0.200 e. The molecule has 0 saturated carbocycles. The summed E-state index contributed by atoms with van der Waals surface area (Å²) in [4.78, 5) is 13.5. The lowest BCUT2D eigenvalue weighted by Gasteiger charge is -2.41. The van der Waals surface area contributed by atoms with Crippen molar-refractivity contribution < 1.29 is 39.0 Å². The van der Waals surface area contributed by atoms with Gasteiger partial charge in [0.15, 0.2) is 11.7 Å². The summed E-state index contributed by atoms with van der Waals surface area (Å²) in [6, 6.07) is 9.07. The van der Waals surface area contributed by atoms with E-state index < -0.39 is 48.5 Å². The summed E-state index contributed by atoms with van der Waals surface area (Å²) in [7, 11) is 1.50. The highest BCUT2D eigenvalue weighted by molar-refractivity contribution is 5.89. The van der Waals surface area contributed by atoms with Crippen molar-refractivity contribution >= 4 is 10.9 Å². The van der Waals surface area contributed by atoms with Gasteiger partial charge in [-0.25, -0.2) is 4.39 Å². The Kier molecular flexibility index (Phi) is 7.39. The number of benzene rings is 2. The Morgan fingerprint density at radius 3 is 2.40 bits per heavy atom. The fraction of sp³-hybridized carbons (Fsp3) is 0.400. The van der Waals surface area contributed by atoms with Crippen LogP contribution in [0.2, 0.25) is 0 Å². The van der Waals surface area contributed by atoms with Gasteiger partial charge in [-0.1, -0.05) is 19.1 Å². The number of fused-ring (bicyclic) bond motifs is 1. The molecule has 2 heterocycles. The van der Waals surface area contributed by atoms with Gasteiger partial charge in [-0.05, 0) is 36.2 Å². The molecule has 2 aromatic carbocycles. The molecule has 5 atom stereocenters. The summed E-state index contributed by atoms with van der Waals surface area (Å²) in [5.74, 6) is -0.0635. The van der Waals surface area contributed by atoms with Crippen molar-refractivity contribution in [2.75, 3.05) is 20.3 Å². The quantitative estimate of drug-likeness (QED) is 0.394. The number of halogens is 1. The summed E-state index contributed by atoms with van der Waals surface area (Å²) in [6.45, 7) is 1.53. The van der Waals surface area contributed by atoms with E-state index in [1.807, 2.05) is 6.92 Å². The molecule has 188 valence electrons. The number of rotatable bonds is 7. The maximum absolute atomic E-state index is 15.2. The molecule has 1 aromatic heterocycles. The standard InChI is InChI=1S/C25H28FNO8/c1-3-10-34-17-9-8-16(26)19-20(17)27(25-24(32)23(31)22(30)18(12-28)35-25)11-15(21(19)29)13-4-6-14(33-2)7-5-13/h4-9,11,18,22-25,28,30-32H,3,10,12H2,1-2H3/t18-,22+,23+,24-,25-/m1/s1. The lowest BCUT2D eigenvalue weighted by atomic mass is 9.97. The van der Waals surface area contributed by atoms with E-state index in [9.17, 15) is 25.2 Å². The third kappa shape index (κ3) is 4.51. The van der Waals surface area contributed by atoms with E-state index in [0.717, 1.165) is 6.07 Å². The van der Waals surface area contributed by atoms with Crippen LogP contribution in [0.5, 0.6) is 11.5 Å². The molecule has 1 fully saturated rings. The molecule has 0 unspecified atom stereocenters. The van der Waals surface area contributed by atoms with Gasteiger partial charge in [0.25, 0.3) is 0 Å². The van der Waals surface area contributed by atoms with Crippen molar-refractivity contribution in [1.82, 2.24) is 4.57 Å². The minimum atomic E-state index is -1.67. The lowest BCUT2D eigenvalue weighted by molar-refractivity contribution is -0.250. The zero-order valence-corrected chi connectivity index (χ0v) is 19.3. The zero-order chi connectivity index (χ0) is 25.3. The predicted molar refractivity (Wildman–Crippen MR) is 125 cm³/mol. The average molecular weight is 489 g/mol. The van der Waals surface area contributed by atoms with Gasteiger partial charge in [-0.15, -0.1) is 0 Å². The van der Waals surface area contributed by atoms with Crippen LogP contribution in [0.4, 0.5) is 4.39 Å². The number of aromatic nitrogens is 1. The fourth-order valence-corrected chi connectivity index (χ4v) is 4.23. The maximum atomic E-state index is 15.2. The fourth-order valence-electron chi connectivity index (χ4n) is 4.23. The Hall–Kier alpha value is -3.02. The van der Waals surface area contributed by atoms with E-state index in [1.54, 1.807) is 24.3 Å². The monoisotopic (exact) mass is 489 g/mol. The van der Waals surface area contributed by atoms with Crippen molar-refractivity contribution in [3.8, 4) is 22.6 Å². The van der Waals surface area contributed by atoms with E-state index in [-0.39, 0.29) is 28.8 Å². The van der Waals surface area contributed by atoms with Gasteiger partial charge < -0.3 is 39.2 Å². The Bertz CT molecular complexity index is 1240. The van der Waals surface area contributed by atoms with E-state index in [2.05, 4.69) is 0 Å². The molecule has 0 radical (unpaired) electrons. The topological polar surface area (TPSA) is 131 Å². The molecule has 10 heteroatoms. The van der Waals surface area contributed by atoms with Gasteiger partial charge in [0.2, 0.25) is 0 Å². The van der Waals surface area contributed by atoms with Crippen LogP contribution in [0.3, 0.4) is 0 Å². The second-order valence-electron chi connectivity index (χ2n) is 8.34. The van der Waals surface area contributed by atoms with Crippen LogP contribution in [0.1, 0.15) is 19.6 Å². The summed E-state index contributed by atoms with van der Waals surface area (Å²) < 4.78 is 33.2. The molecule has 0 aliphatic carbocycles. The first-order valence-corrected chi connectivity index (χ1v) is 11.3. The second kappa shape index (κ2) is 10.3. The zero-order valence-electron chi connectivity index (χ0n) is 19.3. The summed E-state index contributed by atoms with van der Waals surface area (Å²) >= 11 is 0. The van der Waals surface area contributed by atoms with Crippen molar-refractivity contribution in [3.05, 3.63) is 58.6 Å². The van der Waals surface area contributed by atoms with Gasteiger partial charge in [0, 0.05) is 11.8 Å². The smallest absolute Gasteiger partial charge is 0.200 e. The average Bonchev–Trinajstić information content (AvgIpc) is 2.87. The molecule has 1 aliphatic heterocycles. The summed E-state index contributed by atoms with van der Waals surface area (Å²) in [5, 5.41) is 40.8. The van der Waals surface area contributed by atoms with E-state index >= 15 is 4.39 Å².